The lowest BCUT2D eigenvalue weighted by molar-refractivity contribution is -0.136. The number of hydrogen-bond acceptors (Lipinski definition) is 6. The van der Waals surface area contributed by atoms with Gasteiger partial charge in [-0.2, -0.15) is 0 Å². The molecule has 2 atom stereocenters. The van der Waals surface area contributed by atoms with Gasteiger partial charge in [0.05, 0.1) is 18.3 Å². The van der Waals surface area contributed by atoms with Crippen molar-refractivity contribution >= 4 is 28.3 Å². The molecule has 2 saturated heterocycles. The van der Waals surface area contributed by atoms with Crippen molar-refractivity contribution in [2.45, 2.75) is 52.1 Å². The van der Waals surface area contributed by atoms with Crippen LogP contribution in [0.1, 0.15) is 38.7 Å². The van der Waals surface area contributed by atoms with E-state index in [1.165, 1.54) is 23.3 Å². The Labute approximate surface area is 200 Å². The minimum absolute atomic E-state index is 0.0357. The molecular weight excluding hydrogens is 434 g/mol. The lowest BCUT2D eigenvalue weighted by Gasteiger charge is -2.39. The first kappa shape index (κ1) is 23.9. The van der Waals surface area contributed by atoms with Gasteiger partial charge in [0.1, 0.15) is 0 Å². The molecule has 1 N–H and O–H groups in total. The molecule has 0 saturated carbocycles. The number of carbonyl (C=O) groups is 2. The second kappa shape index (κ2) is 10.8. The van der Waals surface area contributed by atoms with E-state index in [1.54, 1.807) is 0 Å². The van der Waals surface area contributed by atoms with E-state index >= 15 is 0 Å². The molecule has 0 aliphatic carbocycles. The molecular formula is C25H35N5O2S. The lowest BCUT2D eigenvalue weighted by atomic mass is 10.0. The van der Waals surface area contributed by atoms with Gasteiger partial charge < -0.3 is 10.2 Å². The van der Waals surface area contributed by atoms with E-state index < -0.39 is 0 Å². The first-order valence-electron chi connectivity index (χ1n) is 12.0. The highest BCUT2D eigenvalue weighted by Crippen LogP contribution is 2.25. The van der Waals surface area contributed by atoms with E-state index in [2.05, 4.69) is 58.2 Å². The van der Waals surface area contributed by atoms with Gasteiger partial charge in [0, 0.05) is 49.7 Å². The summed E-state index contributed by atoms with van der Waals surface area (Å²) in [6, 6.07) is 8.35. The molecule has 1 aromatic carbocycles. The van der Waals surface area contributed by atoms with Gasteiger partial charge in [-0.05, 0) is 40.0 Å². The Balaban J connectivity index is 1.24. The summed E-state index contributed by atoms with van der Waals surface area (Å²) in [5, 5.41) is 5.59. The van der Waals surface area contributed by atoms with Crippen LogP contribution in [0.25, 0.3) is 11.3 Å². The second-order valence-electron chi connectivity index (χ2n) is 9.31. The van der Waals surface area contributed by atoms with E-state index in [0.717, 1.165) is 56.8 Å². The van der Waals surface area contributed by atoms with Crippen molar-refractivity contribution in [3.63, 3.8) is 0 Å². The van der Waals surface area contributed by atoms with Crippen LogP contribution >= 0.6 is 11.3 Å². The number of aryl methyl sites for hydroxylation is 1. The third-order valence-electron chi connectivity index (χ3n) is 6.90. The number of rotatable bonds is 6. The van der Waals surface area contributed by atoms with Gasteiger partial charge >= 0.3 is 0 Å². The summed E-state index contributed by atoms with van der Waals surface area (Å²) in [6.45, 7) is 10.7. The normalized spacial score (nSPS) is 21.1. The number of carbonyl (C=O) groups excluding carboxylic acids is 2. The van der Waals surface area contributed by atoms with Gasteiger partial charge in [0.15, 0.2) is 5.13 Å². The van der Waals surface area contributed by atoms with Crippen molar-refractivity contribution in [2.75, 3.05) is 44.6 Å². The zero-order valence-corrected chi connectivity index (χ0v) is 20.7. The Bertz CT molecular complexity index is 952. The van der Waals surface area contributed by atoms with Gasteiger partial charge in [-0.15, -0.1) is 11.3 Å². The van der Waals surface area contributed by atoms with Crippen LogP contribution in [-0.2, 0) is 9.59 Å². The fraction of sp³-hybridized carbons (Fsp3) is 0.560. The molecule has 4 rings (SSSR count). The zero-order valence-electron chi connectivity index (χ0n) is 19.9. The maximum atomic E-state index is 12.8. The number of hydrogen-bond donors (Lipinski definition) is 1. The monoisotopic (exact) mass is 469 g/mol. The average Bonchev–Trinajstić information content (AvgIpc) is 3.28. The summed E-state index contributed by atoms with van der Waals surface area (Å²) < 4.78 is 0. The van der Waals surface area contributed by atoms with Crippen molar-refractivity contribution in [3.8, 4) is 11.3 Å². The van der Waals surface area contributed by atoms with Crippen molar-refractivity contribution in [2.24, 2.45) is 0 Å². The second-order valence-corrected chi connectivity index (χ2v) is 10.2. The Hall–Kier alpha value is -2.29. The molecule has 0 radical (unpaired) electrons. The van der Waals surface area contributed by atoms with Crippen molar-refractivity contribution in [1.29, 1.82) is 0 Å². The summed E-state index contributed by atoms with van der Waals surface area (Å²) in [4.78, 5) is 36.6. The molecule has 2 aliphatic heterocycles. The smallest absolute Gasteiger partial charge is 0.243 e. The molecule has 2 fully saturated rings. The highest BCUT2D eigenvalue weighted by Gasteiger charge is 2.29. The summed E-state index contributed by atoms with van der Waals surface area (Å²) in [7, 11) is 0. The Morgan fingerprint density at radius 1 is 1.12 bits per heavy atom. The predicted molar refractivity (Wildman–Crippen MR) is 133 cm³/mol. The predicted octanol–water partition coefficient (Wildman–Crippen LogP) is 3.46. The van der Waals surface area contributed by atoms with E-state index in [-0.39, 0.29) is 17.9 Å². The van der Waals surface area contributed by atoms with Gasteiger partial charge in [-0.25, -0.2) is 4.98 Å². The molecule has 3 heterocycles. The minimum Gasteiger partial charge on any atom is -0.339 e. The van der Waals surface area contributed by atoms with E-state index in [4.69, 9.17) is 0 Å². The molecule has 178 valence electrons. The summed E-state index contributed by atoms with van der Waals surface area (Å²) in [6.07, 6.45) is 3.44. The first-order valence-corrected chi connectivity index (χ1v) is 12.9. The Morgan fingerprint density at radius 2 is 1.85 bits per heavy atom. The van der Waals surface area contributed by atoms with Gasteiger partial charge in [0.25, 0.3) is 0 Å². The first-order chi connectivity index (χ1) is 15.9. The summed E-state index contributed by atoms with van der Waals surface area (Å²) >= 11 is 1.45. The standard InChI is InChI=1S/C25H35N5O2S/c1-18-7-9-21(10-8-18)22-17-33-25(26-22)27-24(32)20(3)29-14-12-28(13-15-29)16-23(31)30-11-5-4-6-19(30)2/h7-10,17,19-20H,4-6,11-16H2,1-3H3,(H,26,27,32). The molecule has 0 spiro atoms. The fourth-order valence-corrected chi connectivity index (χ4v) is 5.35. The Morgan fingerprint density at radius 3 is 2.55 bits per heavy atom. The van der Waals surface area contributed by atoms with Crippen molar-refractivity contribution in [1.82, 2.24) is 19.7 Å². The molecule has 0 bridgehead atoms. The fourth-order valence-electron chi connectivity index (χ4n) is 4.62. The number of piperazine rings is 1. The van der Waals surface area contributed by atoms with Gasteiger partial charge in [-0.3, -0.25) is 19.4 Å². The topological polar surface area (TPSA) is 68.8 Å². The molecule has 2 amide bonds. The van der Waals surface area contributed by atoms with Crippen LogP contribution in [0.15, 0.2) is 29.6 Å². The number of likely N-dealkylation sites (tertiary alicyclic amines) is 1. The number of thiazole rings is 1. The molecule has 7 nitrogen and oxygen atoms in total. The molecule has 2 aromatic rings. The number of amides is 2. The van der Waals surface area contributed by atoms with Crippen molar-refractivity contribution in [3.05, 3.63) is 35.2 Å². The lowest BCUT2D eigenvalue weighted by Crippen LogP contribution is -2.55. The molecule has 8 heteroatoms. The maximum absolute atomic E-state index is 12.8. The van der Waals surface area contributed by atoms with Crippen LogP contribution in [0.4, 0.5) is 5.13 Å². The average molecular weight is 470 g/mol. The number of nitrogens with one attached hydrogen (secondary N) is 1. The number of nitrogens with zero attached hydrogens (tertiary/aromatic N) is 4. The molecule has 1 aromatic heterocycles. The van der Waals surface area contributed by atoms with E-state index in [0.29, 0.717) is 17.7 Å². The van der Waals surface area contributed by atoms with E-state index in [1.807, 2.05) is 17.2 Å². The molecule has 2 aliphatic rings. The molecule has 33 heavy (non-hydrogen) atoms. The van der Waals surface area contributed by atoms with Gasteiger partial charge in [-0.1, -0.05) is 29.8 Å². The number of benzene rings is 1. The van der Waals surface area contributed by atoms with Crippen LogP contribution < -0.4 is 5.32 Å². The minimum atomic E-state index is -0.239. The van der Waals surface area contributed by atoms with Gasteiger partial charge in [0.2, 0.25) is 11.8 Å². The molecule has 2 unspecified atom stereocenters. The zero-order chi connectivity index (χ0) is 23.4. The van der Waals surface area contributed by atoms with Crippen LogP contribution in [0.2, 0.25) is 0 Å². The van der Waals surface area contributed by atoms with Crippen molar-refractivity contribution < 1.29 is 9.59 Å². The third-order valence-corrected chi connectivity index (χ3v) is 7.66. The number of aromatic nitrogens is 1. The number of anilines is 1. The summed E-state index contributed by atoms with van der Waals surface area (Å²) in [5.41, 5.74) is 3.14. The van der Waals surface area contributed by atoms with Crippen LogP contribution in [0.3, 0.4) is 0 Å². The third kappa shape index (κ3) is 5.99. The largest absolute Gasteiger partial charge is 0.339 e. The van der Waals surface area contributed by atoms with Crippen LogP contribution in [-0.4, -0.2) is 82.9 Å². The highest BCUT2D eigenvalue weighted by molar-refractivity contribution is 7.14. The summed E-state index contributed by atoms with van der Waals surface area (Å²) in [5.74, 6) is 0.209. The quantitative estimate of drug-likeness (QED) is 0.702. The van der Waals surface area contributed by atoms with E-state index in [9.17, 15) is 9.59 Å². The highest BCUT2D eigenvalue weighted by atomic mass is 32.1. The maximum Gasteiger partial charge on any atom is 0.243 e. The number of piperidine rings is 1. The van der Waals surface area contributed by atoms with Crippen LogP contribution in [0.5, 0.6) is 0 Å². The SMILES string of the molecule is Cc1ccc(-c2csc(NC(=O)C(C)N3CCN(CC(=O)N4CCCCC4C)CC3)n2)cc1. The van der Waals surface area contributed by atoms with Crippen LogP contribution in [0, 0.1) is 6.92 Å². The Kier molecular flexibility index (Phi) is 7.78.